The van der Waals surface area contributed by atoms with Gasteiger partial charge in [0.2, 0.25) is 11.7 Å². The molecule has 5 rings (SSSR count). The predicted molar refractivity (Wildman–Crippen MR) is 121 cm³/mol. The van der Waals surface area contributed by atoms with Crippen LogP contribution in [0.1, 0.15) is 53.9 Å². The van der Waals surface area contributed by atoms with Crippen LogP contribution >= 0.6 is 0 Å². The standard InChI is InChI=1S/C23H29F3N4O4S/c1-33-22(6-7-22)21-28-20(34-29-21)18-12-17(16-4-2-15(3-5-16)13-23(24,25)26)14-27-19(18)30-8-10-35(31,32)11-9-30/h2-5,17-19,27H,6-14H2,1H3. The van der Waals surface area contributed by atoms with Crippen LogP contribution in [0.4, 0.5) is 13.2 Å². The summed E-state index contributed by atoms with van der Waals surface area (Å²) >= 11 is 0. The normalized spacial score (nSPS) is 28.6. The molecule has 0 amide bonds. The van der Waals surface area contributed by atoms with Crippen LogP contribution in [-0.4, -0.2) is 74.1 Å². The number of alkyl halides is 3. The van der Waals surface area contributed by atoms with Gasteiger partial charge in [0.15, 0.2) is 9.84 Å². The monoisotopic (exact) mass is 514 g/mol. The number of hydrogen-bond donors (Lipinski definition) is 1. The van der Waals surface area contributed by atoms with Gasteiger partial charge in [-0.3, -0.25) is 4.90 Å². The van der Waals surface area contributed by atoms with E-state index in [4.69, 9.17) is 9.26 Å². The number of halogens is 3. The first-order valence-corrected chi connectivity index (χ1v) is 13.6. The molecule has 2 aromatic rings. The number of benzene rings is 1. The third-order valence-corrected chi connectivity index (χ3v) is 8.99. The fraction of sp³-hybridized carbons (Fsp3) is 0.652. The molecule has 0 bridgehead atoms. The molecule has 3 unspecified atom stereocenters. The predicted octanol–water partition coefficient (Wildman–Crippen LogP) is 2.73. The topological polar surface area (TPSA) is 97.6 Å². The molecule has 3 fully saturated rings. The van der Waals surface area contributed by atoms with Crippen LogP contribution in [0.5, 0.6) is 0 Å². The number of methoxy groups -OCH3 is 1. The number of aromatic nitrogens is 2. The minimum Gasteiger partial charge on any atom is -0.370 e. The van der Waals surface area contributed by atoms with Crippen LogP contribution in [0.25, 0.3) is 0 Å². The van der Waals surface area contributed by atoms with Crippen molar-refractivity contribution >= 4 is 9.84 Å². The second-order valence-corrected chi connectivity index (χ2v) is 12.1. The molecule has 12 heteroatoms. The summed E-state index contributed by atoms with van der Waals surface area (Å²) in [6.07, 6.45) is -3.09. The quantitative estimate of drug-likeness (QED) is 0.629. The average Bonchev–Trinajstić information content (AvgIpc) is 3.46. The third kappa shape index (κ3) is 5.40. The Morgan fingerprint density at radius 3 is 2.49 bits per heavy atom. The highest BCUT2D eigenvalue weighted by Gasteiger charge is 2.50. The zero-order valence-corrected chi connectivity index (χ0v) is 20.2. The van der Waals surface area contributed by atoms with Crippen LogP contribution in [0.2, 0.25) is 0 Å². The van der Waals surface area contributed by atoms with Crippen molar-refractivity contribution in [2.75, 3.05) is 38.2 Å². The molecule has 192 valence electrons. The number of piperidine rings is 1. The number of ether oxygens (including phenoxy) is 1. The summed E-state index contributed by atoms with van der Waals surface area (Å²) in [5.74, 6) is 1.00. The lowest BCUT2D eigenvalue weighted by atomic mass is 9.82. The molecule has 3 heterocycles. The maximum absolute atomic E-state index is 12.7. The van der Waals surface area contributed by atoms with E-state index in [0.29, 0.717) is 37.8 Å². The van der Waals surface area contributed by atoms with Crippen LogP contribution in [0, 0.1) is 0 Å². The van der Waals surface area contributed by atoms with Gasteiger partial charge in [0.25, 0.3) is 0 Å². The molecule has 0 spiro atoms. The summed E-state index contributed by atoms with van der Waals surface area (Å²) in [7, 11) is -1.41. The highest BCUT2D eigenvalue weighted by atomic mass is 32.2. The Morgan fingerprint density at radius 1 is 1.20 bits per heavy atom. The summed E-state index contributed by atoms with van der Waals surface area (Å²) in [6.45, 7) is 1.43. The van der Waals surface area contributed by atoms with E-state index in [2.05, 4.69) is 20.4 Å². The largest absolute Gasteiger partial charge is 0.393 e. The van der Waals surface area contributed by atoms with Crippen LogP contribution in [0.15, 0.2) is 28.8 Å². The van der Waals surface area contributed by atoms with Crippen molar-refractivity contribution in [3.63, 3.8) is 0 Å². The molecule has 1 saturated carbocycles. The molecule has 3 aliphatic rings. The Kier molecular flexibility index (Phi) is 6.43. The van der Waals surface area contributed by atoms with Crippen molar-refractivity contribution in [2.45, 2.75) is 55.5 Å². The van der Waals surface area contributed by atoms with Crippen molar-refractivity contribution in [1.29, 1.82) is 0 Å². The SMILES string of the molecule is COC1(c2noc(C3CC(c4ccc(CC(F)(F)F)cc4)CNC3N3CCS(=O)(=O)CC3)n2)CC1. The van der Waals surface area contributed by atoms with Gasteiger partial charge in [-0.2, -0.15) is 18.2 Å². The number of nitrogens with one attached hydrogen (secondary N) is 1. The smallest absolute Gasteiger partial charge is 0.370 e. The van der Waals surface area contributed by atoms with Gasteiger partial charge in [-0.05, 0) is 36.3 Å². The van der Waals surface area contributed by atoms with Crippen LogP contribution in [0.3, 0.4) is 0 Å². The molecule has 2 saturated heterocycles. The van der Waals surface area contributed by atoms with Gasteiger partial charge in [0.05, 0.1) is 30.0 Å². The lowest BCUT2D eigenvalue weighted by molar-refractivity contribution is -0.127. The van der Waals surface area contributed by atoms with Crippen molar-refractivity contribution < 1.29 is 30.8 Å². The van der Waals surface area contributed by atoms with E-state index < -0.39 is 28.0 Å². The van der Waals surface area contributed by atoms with E-state index in [0.717, 1.165) is 18.4 Å². The fourth-order valence-corrected chi connectivity index (χ4v) is 6.37. The maximum atomic E-state index is 12.7. The summed E-state index contributed by atoms with van der Waals surface area (Å²) in [5.41, 5.74) is 0.667. The number of nitrogens with zero attached hydrogens (tertiary/aromatic N) is 3. The molecule has 1 aliphatic carbocycles. The van der Waals surface area contributed by atoms with Gasteiger partial charge in [0.1, 0.15) is 5.60 Å². The van der Waals surface area contributed by atoms with Gasteiger partial charge in [-0.15, -0.1) is 0 Å². The summed E-state index contributed by atoms with van der Waals surface area (Å²) < 4.78 is 73.4. The van der Waals surface area contributed by atoms with E-state index in [-0.39, 0.29) is 35.1 Å². The third-order valence-electron chi connectivity index (χ3n) is 7.38. The first-order valence-electron chi connectivity index (χ1n) is 11.8. The number of rotatable bonds is 6. The second kappa shape index (κ2) is 9.13. The van der Waals surface area contributed by atoms with Gasteiger partial charge < -0.3 is 14.6 Å². The van der Waals surface area contributed by atoms with Crippen molar-refractivity contribution in [2.24, 2.45) is 0 Å². The van der Waals surface area contributed by atoms with Gasteiger partial charge in [-0.1, -0.05) is 29.4 Å². The average molecular weight is 515 g/mol. The highest BCUT2D eigenvalue weighted by Crippen LogP contribution is 2.48. The second-order valence-electron chi connectivity index (χ2n) is 9.77. The minimum atomic E-state index is -4.25. The number of hydrogen-bond acceptors (Lipinski definition) is 8. The molecule has 2 aliphatic heterocycles. The maximum Gasteiger partial charge on any atom is 0.393 e. The molecule has 0 radical (unpaired) electrons. The minimum absolute atomic E-state index is 0.0253. The van der Waals surface area contributed by atoms with Crippen LogP contribution < -0.4 is 5.32 Å². The Labute approximate surface area is 202 Å². The van der Waals surface area contributed by atoms with E-state index in [1.807, 2.05) is 0 Å². The lowest BCUT2D eigenvalue weighted by Gasteiger charge is -2.43. The Morgan fingerprint density at radius 2 is 1.89 bits per heavy atom. The summed E-state index contributed by atoms with van der Waals surface area (Å²) in [6, 6.07) is 6.56. The van der Waals surface area contributed by atoms with Gasteiger partial charge >= 0.3 is 6.18 Å². The molecular formula is C23H29F3N4O4S. The molecule has 3 atom stereocenters. The van der Waals surface area contributed by atoms with E-state index in [1.165, 1.54) is 12.1 Å². The van der Waals surface area contributed by atoms with Crippen molar-refractivity contribution in [3.8, 4) is 0 Å². The Hall–Kier alpha value is -2.02. The summed E-state index contributed by atoms with van der Waals surface area (Å²) in [5, 5.41) is 7.72. The van der Waals surface area contributed by atoms with E-state index in [1.54, 1.807) is 19.2 Å². The first kappa shape index (κ1) is 24.7. The van der Waals surface area contributed by atoms with Crippen molar-refractivity contribution in [1.82, 2.24) is 20.4 Å². The first-order chi connectivity index (χ1) is 16.6. The van der Waals surface area contributed by atoms with Crippen LogP contribution in [-0.2, 0) is 26.6 Å². The fourth-order valence-electron chi connectivity index (χ4n) is 5.14. The molecule has 1 aromatic heterocycles. The zero-order valence-electron chi connectivity index (χ0n) is 19.4. The molecule has 35 heavy (non-hydrogen) atoms. The molecule has 8 nitrogen and oxygen atoms in total. The van der Waals surface area contributed by atoms with Gasteiger partial charge in [-0.25, -0.2) is 8.42 Å². The van der Waals surface area contributed by atoms with E-state index in [9.17, 15) is 21.6 Å². The van der Waals surface area contributed by atoms with Crippen molar-refractivity contribution in [3.05, 3.63) is 47.1 Å². The van der Waals surface area contributed by atoms with Gasteiger partial charge in [0, 0.05) is 26.7 Å². The summed E-state index contributed by atoms with van der Waals surface area (Å²) in [4.78, 5) is 6.79. The Balaban J connectivity index is 1.38. The zero-order chi connectivity index (χ0) is 24.8. The molecule has 1 aromatic carbocycles. The highest BCUT2D eigenvalue weighted by molar-refractivity contribution is 7.91. The molecule has 1 N–H and O–H groups in total. The van der Waals surface area contributed by atoms with E-state index >= 15 is 0 Å². The Bertz CT molecular complexity index is 1130. The number of sulfone groups is 1. The molecular weight excluding hydrogens is 485 g/mol. The lowest BCUT2D eigenvalue weighted by Crippen LogP contribution is -2.57.